The molecule has 4 rings (SSSR count). The Balaban J connectivity index is 1.61. The van der Waals surface area contributed by atoms with Gasteiger partial charge >= 0.3 is 5.97 Å². The van der Waals surface area contributed by atoms with Crippen LogP contribution in [0.4, 0.5) is 0 Å². The number of carboxylic acids is 1. The highest BCUT2D eigenvalue weighted by molar-refractivity contribution is 5.79. The first-order valence-corrected chi connectivity index (χ1v) is 15.2. The van der Waals surface area contributed by atoms with Gasteiger partial charge in [0.1, 0.15) is 5.75 Å². The number of carboxylic acid groups (broad SMARTS) is 1. The Kier molecular flexibility index (Phi) is 11.3. The van der Waals surface area contributed by atoms with E-state index >= 15 is 0 Å². The number of rotatable bonds is 16. The molecular formula is C33H46N2O6. The summed E-state index contributed by atoms with van der Waals surface area (Å²) in [6.07, 6.45) is 8.85. The molecule has 0 bridgehead atoms. The maximum absolute atomic E-state index is 13.9. The second-order valence-corrected chi connectivity index (χ2v) is 11.2. The zero-order valence-corrected chi connectivity index (χ0v) is 24.8. The number of aliphatic carboxylic acids is 1. The van der Waals surface area contributed by atoms with Crippen LogP contribution in [0.1, 0.15) is 88.3 Å². The molecule has 0 spiro atoms. The zero-order chi connectivity index (χ0) is 29.2. The van der Waals surface area contributed by atoms with Crippen molar-refractivity contribution < 1.29 is 28.9 Å². The van der Waals surface area contributed by atoms with Crippen LogP contribution in [0.2, 0.25) is 0 Å². The van der Waals surface area contributed by atoms with Crippen LogP contribution in [0, 0.1) is 5.92 Å². The van der Waals surface area contributed by atoms with Crippen molar-refractivity contribution in [1.82, 2.24) is 9.80 Å². The first-order chi connectivity index (χ1) is 20.0. The van der Waals surface area contributed by atoms with Crippen molar-refractivity contribution in [2.24, 2.45) is 5.92 Å². The molecule has 41 heavy (non-hydrogen) atoms. The van der Waals surface area contributed by atoms with Crippen molar-refractivity contribution in [2.75, 3.05) is 40.1 Å². The quantitative estimate of drug-likeness (QED) is 0.240. The summed E-state index contributed by atoms with van der Waals surface area (Å²) < 4.78 is 16.4. The molecule has 2 aromatic rings. The first kappa shape index (κ1) is 30.7. The molecule has 0 saturated carbocycles. The van der Waals surface area contributed by atoms with Crippen LogP contribution in [0.3, 0.4) is 0 Å². The number of amides is 1. The number of fused-ring (bicyclic) bond motifs is 1. The molecule has 2 aliphatic heterocycles. The third-order valence-electron chi connectivity index (χ3n) is 8.42. The normalized spacial score (nSPS) is 19.8. The van der Waals surface area contributed by atoms with Crippen LogP contribution in [0.5, 0.6) is 17.2 Å². The van der Waals surface area contributed by atoms with Crippen molar-refractivity contribution >= 4 is 11.9 Å². The standard InChI is InChI=1S/C33H46N2O6/c1-4-6-8-10-18-34(19-11-9-7-5-2)30(36)22-35-21-27(25-14-17-28-29(20-25)41-23-40-28)31(33(37)38)32(35)24-12-15-26(39-3)16-13-24/h12-17,20,27,31-32H,4-11,18-19,21-23H2,1-3H3,(H,37,38)/t27?,31-,32+/m0/s1. The van der Waals surface area contributed by atoms with Crippen LogP contribution in [-0.4, -0.2) is 66.9 Å². The summed E-state index contributed by atoms with van der Waals surface area (Å²) in [5, 5.41) is 10.6. The van der Waals surface area contributed by atoms with Crippen molar-refractivity contribution in [1.29, 1.82) is 0 Å². The SMILES string of the molecule is CCCCCCN(CCCCCC)C(=O)CN1CC(c2ccc3c(c2)OCO3)[C@H](C(=O)O)[C@H]1c1ccc(OC)cc1. The summed E-state index contributed by atoms with van der Waals surface area (Å²) in [5.41, 5.74) is 1.75. The van der Waals surface area contributed by atoms with Crippen molar-refractivity contribution in [3.05, 3.63) is 53.6 Å². The van der Waals surface area contributed by atoms with E-state index in [1.165, 1.54) is 12.8 Å². The first-order valence-electron chi connectivity index (χ1n) is 15.2. The maximum atomic E-state index is 13.9. The Morgan fingerprint density at radius 2 is 1.54 bits per heavy atom. The van der Waals surface area contributed by atoms with Crippen molar-refractivity contribution in [2.45, 2.75) is 77.2 Å². The molecule has 8 nitrogen and oxygen atoms in total. The maximum Gasteiger partial charge on any atom is 0.309 e. The van der Waals surface area contributed by atoms with E-state index in [1.54, 1.807) is 7.11 Å². The lowest BCUT2D eigenvalue weighted by molar-refractivity contribution is -0.144. The third-order valence-corrected chi connectivity index (χ3v) is 8.42. The van der Waals surface area contributed by atoms with Gasteiger partial charge in [-0.05, 0) is 48.2 Å². The molecule has 1 unspecified atom stereocenters. The number of methoxy groups -OCH3 is 1. The summed E-state index contributed by atoms with van der Waals surface area (Å²) in [6.45, 7) is 6.68. The van der Waals surface area contributed by atoms with E-state index in [4.69, 9.17) is 14.2 Å². The summed E-state index contributed by atoms with van der Waals surface area (Å²) in [5.74, 6) is 0.153. The number of benzene rings is 2. The van der Waals surface area contributed by atoms with E-state index in [9.17, 15) is 14.7 Å². The Morgan fingerprint density at radius 3 is 2.15 bits per heavy atom. The van der Waals surface area contributed by atoms with Crippen molar-refractivity contribution in [3.8, 4) is 17.2 Å². The lowest BCUT2D eigenvalue weighted by Gasteiger charge is -2.30. The van der Waals surface area contributed by atoms with Gasteiger partial charge in [0.25, 0.3) is 0 Å². The molecule has 1 N–H and O–H groups in total. The predicted octanol–water partition coefficient (Wildman–Crippen LogP) is 6.25. The van der Waals surface area contributed by atoms with E-state index < -0.39 is 17.9 Å². The van der Waals surface area contributed by atoms with Gasteiger partial charge in [0.05, 0.1) is 19.6 Å². The Labute approximate surface area is 244 Å². The van der Waals surface area contributed by atoms with Crippen LogP contribution >= 0.6 is 0 Å². The molecule has 0 aromatic heterocycles. The number of ether oxygens (including phenoxy) is 3. The monoisotopic (exact) mass is 566 g/mol. The molecule has 2 heterocycles. The second kappa shape index (κ2) is 15.1. The molecule has 2 aromatic carbocycles. The van der Waals surface area contributed by atoms with Crippen LogP contribution < -0.4 is 14.2 Å². The molecule has 2 aliphatic rings. The average molecular weight is 567 g/mol. The minimum absolute atomic E-state index is 0.0759. The lowest BCUT2D eigenvalue weighted by atomic mass is 9.82. The lowest BCUT2D eigenvalue weighted by Crippen LogP contribution is -2.42. The highest BCUT2D eigenvalue weighted by Crippen LogP contribution is 2.47. The molecule has 3 atom stereocenters. The fourth-order valence-corrected chi connectivity index (χ4v) is 6.17. The van der Waals surface area contributed by atoms with Gasteiger partial charge in [-0.1, -0.05) is 70.6 Å². The van der Waals surface area contributed by atoms with Gasteiger partial charge in [0.2, 0.25) is 12.7 Å². The van der Waals surface area contributed by atoms with Gasteiger partial charge in [0, 0.05) is 31.6 Å². The topological polar surface area (TPSA) is 88.5 Å². The second-order valence-electron chi connectivity index (χ2n) is 11.2. The summed E-state index contributed by atoms with van der Waals surface area (Å²) in [7, 11) is 1.61. The predicted molar refractivity (Wildman–Crippen MR) is 159 cm³/mol. The molecule has 8 heteroatoms. The van der Waals surface area contributed by atoms with Gasteiger partial charge in [-0.25, -0.2) is 0 Å². The van der Waals surface area contributed by atoms with E-state index in [2.05, 4.69) is 18.7 Å². The Morgan fingerprint density at radius 1 is 0.902 bits per heavy atom. The van der Waals surface area contributed by atoms with Crippen LogP contribution in [0.25, 0.3) is 0 Å². The van der Waals surface area contributed by atoms with Gasteiger partial charge < -0.3 is 24.2 Å². The van der Waals surface area contributed by atoms with Crippen molar-refractivity contribution in [3.63, 3.8) is 0 Å². The number of carbonyl (C=O) groups excluding carboxylic acids is 1. The molecule has 0 radical (unpaired) electrons. The molecule has 224 valence electrons. The van der Waals surface area contributed by atoms with Gasteiger partial charge in [-0.15, -0.1) is 0 Å². The van der Waals surface area contributed by atoms with E-state index in [0.29, 0.717) is 23.8 Å². The van der Waals surface area contributed by atoms with E-state index in [1.807, 2.05) is 47.4 Å². The fourth-order valence-electron chi connectivity index (χ4n) is 6.17. The minimum atomic E-state index is -0.876. The van der Waals surface area contributed by atoms with Crippen LogP contribution in [0.15, 0.2) is 42.5 Å². The smallest absolute Gasteiger partial charge is 0.309 e. The highest BCUT2D eigenvalue weighted by atomic mass is 16.7. The Hall–Kier alpha value is -3.26. The fraction of sp³-hybridized carbons (Fsp3) is 0.576. The third kappa shape index (κ3) is 7.73. The minimum Gasteiger partial charge on any atom is -0.497 e. The summed E-state index contributed by atoms with van der Waals surface area (Å²) in [4.78, 5) is 30.8. The molecule has 1 amide bonds. The van der Waals surface area contributed by atoms with Crippen LogP contribution in [-0.2, 0) is 9.59 Å². The van der Waals surface area contributed by atoms with E-state index in [-0.39, 0.29) is 25.2 Å². The average Bonchev–Trinajstić information content (AvgIpc) is 3.60. The summed E-state index contributed by atoms with van der Waals surface area (Å²) in [6, 6.07) is 12.8. The largest absolute Gasteiger partial charge is 0.497 e. The number of likely N-dealkylation sites (tertiary alicyclic amines) is 1. The van der Waals surface area contributed by atoms with Gasteiger partial charge in [-0.3, -0.25) is 14.5 Å². The molecule has 0 aliphatic carbocycles. The Bertz CT molecular complexity index is 1130. The van der Waals surface area contributed by atoms with Gasteiger partial charge in [-0.2, -0.15) is 0 Å². The number of hydrogen-bond donors (Lipinski definition) is 1. The molecular weight excluding hydrogens is 520 g/mol. The number of nitrogens with zero attached hydrogens (tertiary/aromatic N) is 2. The van der Waals surface area contributed by atoms with E-state index in [0.717, 1.165) is 62.7 Å². The highest BCUT2D eigenvalue weighted by Gasteiger charge is 2.48. The van der Waals surface area contributed by atoms with Gasteiger partial charge in [0.15, 0.2) is 11.5 Å². The summed E-state index contributed by atoms with van der Waals surface area (Å²) >= 11 is 0. The zero-order valence-electron chi connectivity index (χ0n) is 24.8. The number of unbranched alkanes of at least 4 members (excludes halogenated alkanes) is 6. The number of carbonyl (C=O) groups is 2. The number of hydrogen-bond acceptors (Lipinski definition) is 6. The molecule has 1 saturated heterocycles. The molecule has 1 fully saturated rings.